The van der Waals surface area contributed by atoms with Gasteiger partial charge in [0, 0.05) is 30.6 Å². The Morgan fingerprint density at radius 3 is 2.91 bits per heavy atom. The number of fused-ring (bicyclic) bond motifs is 1. The minimum absolute atomic E-state index is 0. The Morgan fingerprint density at radius 2 is 2.13 bits per heavy atom. The zero-order chi connectivity index (χ0) is 15.4. The number of benzene rings is 1. The lowest BCUT2D eigenvalue weighted by molar-refractivity contribution is -0.123. The summed E-state index contributed by atoms with van der Waals surface area (Å²) in [5, 5.41) is 9.28. The van der Waals surface area contributed by atoms with Gasteiger partial charge < -0.3 is 16.0 Å². The number of rotatable bonds is 4. The summed E-state index contributed by atoms with van der Waals surface area (Å²) in [6, 6.07) is 8.10. The molecule has 6 heteroatoms. The Labute approximate surface area is 143 Å². The van der Waals surface area contributed by atoms with Crippen LogP contribution >= 0.6 is 12.4 Å². The number of hydrogen-bond acceptors (Lipinski definition) is 3. The van der Waals surface area contributed by atoms with E-state index < -0.39 is 0 Å². The highest BCUT2D eigenvalue weighted by molar-refractivity contribution is 5.96. The molecule has 126 valence electrons. The third-order valence-corrected chi connectivity index (χ3v) is 4.49. The third kappa shape index (κ3) is 4.69. The van der Waals surface area contributed by atoms with Crippen LogP contribution in [-0.2, 0) is 16.0 Å². The molecule has 2 aliphatic rings. The van der Waals surface area contributed by atoms with Crippen LogP contribution in [0, 0.1) is 5.92 Å². The molecular formula is C17H24ClN3O2. The molecule has 2 amide bonds. The van der Waals surface area contributed by atoms with Crippen molar-refractivity contribution in [3.63, 3.8) is 0 Å². The first-order chi connectivity index (χ1) is 10.7. The summed E-state index contributed by atoms with van der Waals surface area (Å²) in [5.41, 5.74) is 2.06. The van der Waals surface area contributed by atoms with E-state index in [4.69, 9.17) is 0 Å². The van der Waals surface area contributed by atoms with E-state index in [-0.39, 0.29) is 36.2 Å². The first-order valence-corrected chi connectivity index (χ1v) is 8.11. The topological polar surface area (TPSA) is 70.2 Å². The summed E-state index contributed by atoms with van der Waals surface area (Å²) in [4.78, 5) is 24.1. The SMILES string of the molecule is Cl.O=C(CCC1Cc2ccccc2NC1=O)NC1CCCNC1. The largest absolute Gasteiger partial charge is 0.352 e. The predicted molar refractivity (Wildman–Crippen MR) is 92.8 cm³/mol. The van der Waals surface area contributed by atoms with Crippen molar-refractivity contribution in [2.24, 2.45) is 5.92 Å². The fourth-order valence-electron chi connectivity index (χ4n) is 3.23. The second-order valence-electron chi connectivity index (χ2n) is 6.20. The molecule has 0 spiro atoms. The maximum absolute atomic E-state index is 12.1. The van der Waals surface area contributed by atoms with Crippen LogP contribution in [0.2, 0.25) is 0 Å². The van der Waals surface area contributed by atoms with Gasteiger partial charge in [-0.2, -0.15) is 0 Å². The zero-order valence-electron chi connectivity index (χ0n) is 13.1. The van der Waals surface area contributed by atoms with Crippen LogP contribution in [0.25, 0.3) is 0 Å². The minimum atomic E-state index is -0.106. The smallest absolute Gasteiger partial charge is 0.227 e. The number of anilines is 1. The maximum atomic E-state index is 12.1. The lowest BCUT2D eigenvalue weighted by Gasteiger charge is -2.26. The lowest BCUT2D eigenvalue weighted by Crippen LogP contribution is -2.45. The predicted octanol–water partition coefficient (Wildman–Crippen LogP) is 1.87. The second kappa shape index (κ2) is 8.31. The molecule has 0 bridgehead atoms. The van der Waals surface area contributed by atoms with Crippen LogP contribution in [0.4, 0.5) is 5.69 Å². The normalized spacial score (nSPS) is 23.2. The molecule has 2 unspecified atom stereocenters. The van der Waals surface area contributed by atoms with Gasteiger partial charge in [-0.3, -0.25) is 9.59 Å². The number of carbonyl (C=O) groups excluding carboxylic acids is 2. The fraction of sp³-hybridized carbons (Fsp3) is 0.529. The van der Waals surface area contributed by atoms with Crippen molar-refractivity contribution < 1.29 is 9.59 Å². The summed E-state index contributed by atoms with van der Waals surface area (Å²) < 4.78 is 0. The van der Waals surface area contributed by atoms with Gasteiger partial charge in [0.2, 0.25) is 11.8 Å². The molecular weight excluding hydrogens is 314 g/mol. The van der Waals surface area contributed by atoms with Gasteiger partial charge in [-0.25, -0.2) is 0 Å². The summed E-state index contributed by atoms with van der Waals surface area (Å²) >= 11 is 0. The molecule has 3 rings (SSSR count). The summed E-state index contributed by atoms with van der Waals surface area (Å²) in [6.07, 6.45) is 3.88. The van der Waals surface area contributed by atoms with E-state index in [9.17, 15) is 9.59 Å². The van der Waals surface area contributed by atoms with Crippen LogP contribution < -0.4 is 16.0 Å². The van der Waals surface area contributed by atoms with E-state index in [0.717, 1.165) is 43.6 Å². The van der Waals surface area contributed by atoms with E-state index >= 15 is 0 Å². The van der Waals surface area contributed by atoms with Crippen LogP contribution in [0.1, 0.15) is 31.2 Å². The van der Waals surface area contributed by atoms with Crippen molar-refractivity contribution in [2.45, 2.75) is 38.1 Å². The minimum Gasteiger partial charge on any atom is -0.352 e. The standard InChI is InChI=1S/C17H23N3O2.ClH/c21-16(19-14-5-3-9-18-11-14)8-7-13-10-12-4-1-2-6-15(12)20-17(13)22;/h1-2,4,6,13-14,18H,3,5,7-11H2,(H,19,21)(H,20,22);1H. The van der Waals surface area contributed by atoms with Crippen molar-refractivity contribution >= 4 is 29.9 Å². The molecule has 1 aromatic rings. The number of para-hydroxylation sites is 1. The Morgan fingerprint density at radius 1 is 1.30 bits per heavy atom. The summed E-state index contributed by atoms with van der Waals surface area (Å²) in [6.45, 7) is 1.89. The molecule has 3 N–H and O–H groups in total. The van der Waals surface area contributed by atoms with Crippen LogP contribution in [0.5, 0.6) is 0 Å². The van der Waals surface area contributed by atoms with Crippen molar-refractivity contribution in [3.8, 4) is 0 Å². The number of halogens is 1. The number of carbonyl (C=O) groups is 2. The molecule has 5 nitrogen and oxygen atoms in total. The van der Waals surface area contributed by atoms with E-state index in [0.29, 0.717) is 12.8 Å². The Balaban J connectivity index is 0.00000192. The van der Waals surface area contributed by atoms with Gasteiger partial charge in [-0.1, -0.05) is 18.2 Å². The molecule has 0 radical (unpaired) electrons. The molecule has 2 aliphatic heterocycles. The van der Waals surface area contributed by atoms with Gasteiger partial charge in [0.05, 0.1) is 0 Å². The Kier molecular flexibility index (Phi) is 6.42. The van der Waals surface area contributed by atoms with Crippen molar-refractivity contribution in [1.82, 2.24) is 10.6 Å². The number of piperidine rings is 1. The van der Waals surface area contributed by atoms with Crippen LogP contribution in [0.3, 0.4) is 0 Å². The first-order valence-electron chi connectivity index (χ1n) is 8.11. The molecule has 2 heterocycles. The van der Waals surface area contributed by atoms with Gasteiger partial charge >= 0.3 is 0 Å². The van der Waals surface area contributed by atoms with Crippen LogP contribution in [-0.4, -0.2) is 30.9 Å². The monoisotopic (exact) mass is 337 g/mol. The van der Waals surface area contributed by atoms with Gasteiger partial charge in [0.1, 0.15) is 0 Å². The van der Waals surface area contributed by atoms with Crippen molar-refractivity contribution in [1.29, 1.82) is 0 Å². The molecule has 2 atom stereocenters. The quantitative estimate of drug-likeness (QED) is 0.785. The number of hydrogen-bond donors (Lipinski definition) is 3. The lowest BCUT2D eigenvalue weighted by atomic mass is 9.89. The molecule has 0 aromatic heterocycles. The highest BCUT2D eigenvalue weighted by Gasteiger charge is 2.26. The molecule has 0 saturated carbocycles. The van der Waals surface area contributed by atoms with Gasteiger partial charge in [-0.05, 0) is 43.9 Å². The van der Waals surface area contributed by atoms with Gasteiger partial charge in [0.15, 0.2) is 0 Å². The molecule has 1 saturated heterocycles. The van der Waals surface area contributed by atoms with Gasteiger partial charge in [0.25, 0.3) is 0 Å². The summed E-state index contributed by atoms with van der Waals surface area (Å²) in [5.74, 6) is -0.0173. The average Bonchev–Trinajstić information content (AvgIpc) is 2.54. The van der Waals surface area contributed by atoms with E-state index in [1.807, 2.05) is 24.3 Å². The molecule has 1 fully saturated rings. The average molecular weight is 338 g/mol. The molecule has 0 aliphatic carbocycles. The first kappa shape index (κ1) is 17.8. The number of amides is 2. The Bertz CT molecular complexity index is 559. The van der Waals surface area contributed by atoms with E-state index in [1.165, 1.54) is 0 Å². The highest BCUT2D eigenvalue weighted by atomic mass is 35.5. The van der Waals surface area contributed by atoms with Gasteiger partial charge in [-0.15, -0.1) is 12.4 Å². The molecule has 1 aromatic carbocycles. The van der Waals surface area contributed by atoms with E-state index in [2.05, 4.69) is 16.0 Å². The fourth-order valence-corrected chi connectivity index (χ4v) is 3.23. The van der Waals surface area contributed by atoms with Crippen molar-refractivity contribution in [3.05, 3.63) is 29.8 Å². The summed E-state index contributed by atoms with van der Waals surface area (Å²) in [7, 11) is 0. The Hall–Kier alpha value is -1.59. The number of nitrogens with one attached hydrogen (secondary N) is 3. The van der Waals surface area contributed by atoms with E-state index in [1.54, 1.807) is 0 Å². The van der Waals surface area contributed by atoms with Crippen LogP contribution in [0.15, 0.2) is 24.3 Å². The second-order valence-corrected chi connectivity index (χ2v) is 6.20. The maximum Gasteiger partial charge on any atom is 0.227 e. The molecule has 23 heavy (non-hydrogen) atoms. The highest BCUT2D eigenvalue weighted by Crippen LogP contribution is 2.27. The van der Waals surface area contributed by atoms with Crippen molar-refractivity contribution in [2.75, 3.05) is 18.4 Å². The third-order valence-electron chi connectivity index (χ3n) is 4.49. The zero-order valence-corrected chi connectivity index (χ0v) is 14.0.